The van der Waals surface area contributed by atoms with Crippen LogP contribution in [-0.4, -0.2) is 54.5 Å². The standard InChI is InChI=1S/C27H27ClF3N5O4S/c1-5-7-23(40-20-9-6-8-19(15-20)27(29,30)31)21(28)14-18(2)35(3)26-25-22(33-17-34-26)10-12-36(25)13-11-32-24(37)16-41(4,38)39/h6-10,12,14-15,17H,1,11,13,16H2,2-4H3,(H,32,37). The molecule has 41 heavy (non-hydrogen) atoms. The topological polar surface area (TPSA) is 106 Å². The molecule has 0 unspecified atom stereocenters. The van der Waals surface area contributed by atoms with Gasteiger partial charge in [-0.1, -0.05) is 24.2 Å². The third-order valence-corrected chi connectivity index (χ3v) is 6.72. The highest BCUT2D eigenvalue weighted by Gasteiger charge is 2.30. The van der Waals surface area contributed by atoms with E-state index in [9.17, 15) is 26.4 Å². The van der Waals surface area contributed by atoms with Crippen molar-refractivity contribution in [2.45, 2.75) is 19.6 Å². The Morgan fingerprint density at radius 2 is 2.02 bits per heavy atom. The van der Waals surface area contributed by atoms with Gasteiger partial charge in [0.25, 0.3) is 0 Å². The summed E-state index contributed by atoms with van der Waals surface area (Å²) in [6, 6.07) is 6.16. The van der Waals surface area contributed by atoms with Crippen LogP contribution in [0.1, 0.15) is 12.5 Å². The molecule has 0 saturated carbocycles. The van der Waals surface area contributed by atoms with Gasteiger partial charge in [0.1, 0.15) is 23.3 Å². The molecule has 2 aromatic heterocycles. The van der Waals surface area contributed by atoms with Crippen molar-refractivity contribution in [1.29, 1.82) is 0 Å². The van der Waals surface area contributed by atoms with Crippen molar-refractivity contribution < 1.29 is 31.1 Å². The van der Waals surface area contributed by atoms with Crippen LogP contribution in [0.4, 0.5) is 19.0 Å². The number of hydrogen-bond acceptors (Lipinski definition) is 7. The lowest BCUT2D eigenvalue weighted by Crippen LogP contribution is -2.32. The molecule has 9 nitrogen and oxygen atoms in total. The zero-order chi connectivity index (χ0) is 30.4. The summed E-state index contributed by atoms with van der Waals surface area (Å²) in [4.78, 5) is 22.3. The summed E-state index contributed by atoms with van der Waals surface area (Å²) < 4.78 is 69.5. The van der Waals surface area contributed by atoms with E-state index in [0.717, 1.165) is 18.4 Å². The van der Waals surface area contributed by atoms with Crippen molar-refractivity contribution in [3.63, 3.8) is 0 Å². The minimum absolute atomic E-state index is 0.0229. The maximum atomic E-state index is 13.1. The Kier molecular flexibility index (Phi) is 10.0. The zero-order valence-corrected chi connectivity index (χ0v) is 23.9. The van der Waals surface area contributed by atoms with E-state index >= 15 is 0 Å². The molecule has 1 amide bonds. The van der Waals surface area contributed by atoms with Crippen LogP contribution < -0.4 is 15.0 Å². The van der Waals surface area contributed by atoms with Crippen LogP contribution in [0, 0.1) is 0 Å². The van der Waals surface area contributed by atoms with Crippen molar-refractivity contribution >= 4 is 44.2 Å². The van der Waals surface area contributed by atoms with Gasteiger partial charge in [0.2, 0.25) is 5.91 Å². The molecule has 0 aliphatic rings. The van der Waals surface area contributed by atoms with E-state index in [4.69, 9.17) is 16.3 Å². The molecule has 0 aliphatic heterocycles. The molecule has 0 saturated heterocycles. The summed E-state index contributed by atoms with van der Waals surface area (Å²) in [6.45, 7) is 5.72. The van der Waals surface area contributed by atoms with Gasteiger partial charge in [-0.3, -0.25) is 4.79 Å². The normalized spacial score (nSPS) is 12.9. The van der Waals surface area contributed by atoms with E-state index in [-0.39, 0.29) is 23.1 Å². The lowest BCUT2D eigenvalue weighted by molar-refractivity contribution is -0.137. The van der Waals surface area contributed by atoms with Crippen LogP contribution >= 0.6 is 11.6 Å². The van der Waals surface area contributed by atoms with Crippen LogP contribution in [-0.2, 0) is 27.4 Å². The number of alkyl halides is 3. The van der Waals surface area contributed by atoms with Gasteiger partial charge in [0.15, 0.2) is 21.4 Å². The van der Waals surface area contributed by atoms with Crippen molar-refractivity contribution in [3.8, 4) is 5.75 Å². The van der Waals surface area contributed by atoms with E-state index in [1.165, 1.54) is 24.5 Å². The molecular weight excluding hydrogens is 583 g/mol. The van der Waals surface area contributed by atoms with E-state index in [0.29, 0.717) is 29.1 Å². The first-order chi connectivity index (χ1) is 19.2. The smallest absolute Gasteiger partial charge is 0.416 e. The maximum Gasteiger partial charge on any atom is 0.416 e. The van der Waals surface area contributed by atoms with Crippen LogP contribution in [0.5, 0.6) is 5.75 Å². The predicted molar refractivity (Wildman–Crippen MR) is 151 cm³/mol. The van der Waals surface area contributed by atoms with Gasteiger partial charge in [-0.2, -0.15) is 13.2 Å². The minimum atomic E-state index is -4.54. The molecule has 0 atom stereocenters. The van der Waals surface area contributed by atoms with Gasteiger partial charge in [0.05, 0.1) is 16.1 Å². The fourth-order valence-electron chi connectivity index (χ4n) is 3.67. The van der Waals surface area contributed by atoms with Gasteiger partial charge in [0, 0.05) is 44.4 Å². The SMILES string of the molecule is C=C=CC(Oc1cccc(C(F)(F)F)c1)=C(Cl)C=C(C)N(C)c1ncnc2ccn(CCNC(=O)CS(C)(=O)=O)c12. The Balaban J connectivity index is 1.87. The molecular formula is C27H27ClF3N5O4S. The molecule has 1 aromatic carbocycles. The fraction of sp³-hybridized carbons (Fsp3) is 0.259. The number of sulfone groups is 1. The average molecular weight is 610 g/mol. The van der Waals surface area contributed by atoms with Crippen molar-refractivity contribution in [2.24, 2.45) is 0 Å². The first-order valence-corrected chi connectivity index (χ1v) is 14.4. The number of allylic oxidation sites excluding steroid dienone is 4. The number of nitrogens with zero attached hydrogens (tertiary/aromatic N) is 4. The predicted octanol–water partition coefficient (Wildman–Crippen LogP) is 4.82. The monoisotopic (exact) mass is 609 g/mol. The third kappa shape index (κ3) is 8.71. The second-order valence-electron chi connectivity index (χ2n) is 8.89. The van der Waals surface area contributed by atoms with Crippen molar-refractivity contribution in [3.05, 3.63) is 89.4 Å². The second-order valence-corrected chi connectivity index (χ2v) is 11.4. The lowest BCUT2D eigenvalue weighted by Gasteiger charge is -2.21. The zero-order valence-electron chi connectivity index (χ0n) is 22.4. The van der Waals surface area contributed by atoms with Crippen molar-refractivity contribution in [1.82, 2.24) is 19.9 Å². The fourth-order valence-corrected chi connectivity index (χ4v) is 4.50. The number of halogens is 4. The van der Waals surface area contributed by atoms with E-state index in [1.54, 1.807) is 37.2 Å². The largest absolute Gasteiger partial charge is 0.455 e. The summed E-state index contributed by atoms with van der Waals surface area (Å²) >= 11 is 6.51. The van der Waals surface area contributed by atoms with Crippen LogP contribution in [0.15, 0.2) is 83.8 Å². The first-order valence-electron chi connectivity index (χ1n) is 12.0. The summed E-state index contributed by atoms with van der Waals surface area (Å²) in [6.07, 6.45) is 2.45. The molecule has 0 bridgehead atoms. The van der Waals surface area contributed by atoms with Gasteiger partial charge >= 0.3 is 6.18 Å². The average Bonchev–Trinajstić information content (AvgIpc) is 3.30. The van der Waals surface area contributed by atoms with E-state index in [1.807, 2.05) is 4.57 Å². The maximum absolute atomic E-state index is 13.1. The van der Waals surface area contributed by atoms with Gasteiger partial charge in [-0.15, -0.1) is 5.73 Å². The Morgan fingerprint density at radius 3 is 2.68 bits per heavy atom. The number of rotatable bonds is 11. The summed E-state index contributed by atoms with van der Waals surface area (Å²) in [5.74, 6) is -0.752. The van der Waals surface area contributed by atoms with Gasteiger partial charge in [-0.25, -0.2) is 18.4 Å². The number of nitrogens with one attached hydrogen (secondary N) is 1. The Hall–Kier alpha value is -4.06. The van der Waals surface area contributed by atoms with Crippen LogP contribution in [0.3, 0.4) is 0 Å². The quantitative estimate of drug-likeness (QED) is 0.189. The minimum Gasteiger partial charge on any atom is -0.455 e. The molecule has 14 heteroatoms. The first kappa shape index (κ1) is 31.5. The molecule has 0 radical (unpaired) electrons. The number of anilines is 1. The van der Waals surface area contributed by atoms with Gasteiger partial charge < -0.3 is 19.5 Å². The van der Waals surface area contributed by atoms with E-state index < -0.39 is 33.2 Å². The van der Waals surface area contributed by atoms with Crippen molar-refractivity contribution in [2.75, 3.05) is 30.5 Å². The summed E-state index contributed by atoms with van der Waals surface area (Å²) in [5.41, 5.74) is 3.51. The number of carbonyl (C=O) groups excluding carboxylic acids is 1. The molecule has 0 spiro atoms. The summed E-state index contributed by atoms with van der Waals surface area (Å²) in [5, 5.41) is 2.64. The number of aromatic nitrogens is 3. The molecule has 3 aromatic rings. The van der Waals surface area contributed by atoms with Crippen LogP contribution in [0.25, 0.3) is 11.0 Å². The Bertz CT molecular complexity index is 1660. The Labute approximate surface area is 240 Å². The molecule has 0 aliphatic carbocycles. The molecule has 1 N–H and O–H groups in total. The second kappa shape index (κ2) is 13.1. The Morgan fingerprint density at radius 1 is 1.29 bits per heavy atom. The highest BCUT2D eigenvalue weighted by atomic mass is 35.5. The highest BCUT2D eigenvalue weighted by Crippen LogP contribution is 2.32. The molecule has 0 fully saturated rings. The lowest BCUT2D eigenvalue weighted by atomic mass is 10.2. The number of amides is 1. The number of ether oxygens (including phenoxy) is 1. The number of fused-ring (bicyclic) bond motifs is 1. The summed E-state index contributed by atoms with van der Waals surface area (Å²) in [7, 11) is -1.71. The number of carbonyl (C=O) groups is 1. The molecule has 3 rings (SSSR count). The number of benzene rings is 1. The highest BCUT2D eigenvalue weighted by molar-refractivity contribution is 7.91. The molecule has 218 valence electrons. The molecule has 2 heterocycles. The van der Waals surface area contributed by atoms with E-state index in [2.05, 4.69) is 27.6 Å². The van der Waals surface area contributed by atoms with Gasteiger partial charge in [-0.05, 0) is 37.3 Å². The third-order valence-electron chi connectivity index (χ3n) is 5.64. The van der Waals surface area contributed by atoms with Crippen LogP contribution in [0.2, 0.25) is 0 Å². The number of hydrogen-bond donors (Lipinski definition) is 1.